The summed E-state index contributed by atoms with van der Waals surface area (Å²) in [7, 11) is -3.78. The molecule has 0 heterocycles. The lowest BCUT2D eigenvalue weighted by molar-refractivity contribution is 0.377. The molecule has 0 atom stereocenters. The fraction of sp³-hybridized carbons (Fsp3) is 0.333. The topological polar surface area (TPSA) is 57.5 Å². The van der Waals surface area contributed by atoms with Crippen molar-refractivity contribution in [3.63, 3.8) is 0 Å². The summed E-state index contributed by atoms with van der Waals surface area (Å²) in [6.07, 6.45) is 0.966. The zero-order valence-electron chi connectivity index (χ0n) is 4.15. The lowest BCUT2D eigenvalue weighted by atomic mass is 10.8. The second-order valence-corrected chi connectivity index (χ2v) is 2.83. The largest absolute Gasteiger partial charge is 0.329 e. The van der Waals surface area contributed by atoms with Gasteiger partial charge in [-0.05, 0) is 0 Å². The average Bonchev–Trinajstić information content (AvgIpc) is 1.30. The summed E-state index contributed by atoms with van der Waals surface area (Å²) in [4.78, 5) is 16.1. The summed E-state index contributed by atoms with van der Waals surface area (Å²) in [6, 6.07) is 0. The van der Waals surface area contributed by atoms with Crippen LogP contribution in [0, 0.1) is 0 Å². The minimum absolute atomic E-state index is 0. The maximum Gasteiger partial charge on any atom is 0.329 e. The van der Waals surface area contributed by atoms with Crippen LogP contribution < -0.4 is 0 Å². The van der Waals surface area contributed by atoms with Crippen molar-refractivity contribution < 1.29 is 19.1 Å². The lowest BCUT2D eigenvalue weighted by Crippen LogP contribution is -1.78. The Morgan fingerprint density at radius 1 is 1.62 bits per heavy atom. The molecule has 0 bridgehead atoms. The molecule has 50 valence electrons. The van der Waals surface area contributed by atoms with E-state index in [0.29, 0.717) is 0 Å². The molecule has 0 saturated heterocycles. The van der Waals surface area contributed by atoms with Gasteiger partial charge in [0.05, 0.1) is 6.16 Å². The molecule has 0 unspecified atom stereocenters. The molecule has 0 aromatic heterocycles. The number of halogens is 1. The Hall–Kier alpha value is -0.180. The lowest BCUT2D eigenvalue weighted by Gasteiger charge is -1.94. The van der Waals surface area contributed by atoms with Crippen LogP contribution in [0.25, 0.3) is 0 Å². The van der Waals surface area contributed by atoms with E-state index in [9.17, 15) is 4.57 Å². The van der Waals surface area contributed by atoms with Crippen LogP contribution in [-0.2, 0) is 4.57 Å². The Bertz CT molecular complexity index is 107. The molecule has 8 heavy (non-hydrogen) atoms. The van der Waals surface area contributed by atoms with Gasteiger partial charge < -0.3 is 9.79 Å². The molecule has 0 spiro atoms. The highest BCUT2D eigenvalue weighted by Crippen LogP contribution is 2.33. The van der Waals surface area contributed by atoms with Crippen LogP contribution >= 0.6 is 7.60 Å². The first-order chi connectivity index (χ1) is 3.06. The van der Waals surface area contributed by atoms with Gasteiger partial charge in [-0.15, -0.1) is 6.58 Å². The van der Waals surface area contributed by atoms with Crippen molar-refractivity contribution in [1.29, 1.82) is 0 Å². The van der Waals surface area contributed by atoms with E-state index in [-0.39, 0.29) is 10.9 Å². The van der Waals surface area contributed by atoms with Crippen LogP contribution in [0.4, 0.5) is 4.70 Å². The first kappa shape index (κ1) is 10.7. The van der Waals surface area contributed by atoms with E-state index >= 15 is 0 Å². The van der Waals surface area contributed by atoms with E-state index in [1.807, 2.05) is 0 Å². The second-order valence-electron chi connectivity index (χ2n) is 1.14. The molecule has 2 N–H and O–H groups in total. The third kappa shape index (κ3) is 9.27. The minimum atomic E-state index is -3.78. The molecular weight excluding hydrogens is 134 g/mol. The normalized spacial score (nSPS) is 9.75. The quantitative estimate of drug-likeness (QED) is 0.436. The molecule has 0 amide bonds. The Kier molecular flexibility index (Phi) is 5.07. The van der Waals surface area contributed by atoms with Gasteiger partial charge in [-0.3, -0.25) is 9.27 Å². The summed E-state index contributed by atoms with van der Waals surface area (Å²) in [5.74, 6) is 0. The molecule has 0 saturated carbocycles. The van der Waals surface area contributed by atoms with Crippen LogP contribution in [0.2, 0.25) is 0 Å². The third-order valence-corrected chi connectivity index (χ3v) is 1.10. The van der Waals surface area contributed by atoms with Gasteiger partial charge in [0.2, 0.25) is 0 Å². The summed E-state index contributed by atoms with van der Waals surface area (Å²) in [5.41, 5.74) is 0. The molecule has 0 fully saturated rings. The fourth-order valence-corrected chi connectivity index (χ4v) is 0.505. The van der Waals surface area contributed by atoms with E-state index in [1.54, 1.807) is 0 Å². The smallest absolute Gasteiger partial charge is 0.324 e. The molecule has 0 radical (unpaired) electrons. The van der Waals surface area contributed by atoms with E-state index in [1.165, 1.54) is 6.08 Å². The maximum absolute atomic E-state index is 9.85. The van der Waals surface area contributed by atoms with Gasteiger partial charge >= 0.3 is 7.60 Å². The van der Waals surface area contributed by atoms with E-state index in [4.69, 9.17) is 9.79 Å². The summed E-state index contributed by atoms with van der Waals surface area (Å²) in [5, 5.41) is 0. The highest BCUT2D eigenvalue weighted by atomic mass is 31.2. The number of allylic oxidation sites excluding steroid dienone is 1. The van der Waals surface area contributed by atoms with Crippen LogP contribution in [0.3, 0.4) is 0 Å². The summed E-state index contributed by atoms with van der Waals surface area (Å²) >= 11 is 0. The van der Waals surface area contributed by atoms with Gasteiger partial charge in [0.15, 0.2) is 0 Å². The van der Waals surface area contributed by atoms with Crippen molar-refractivity contribution in [2.75, 3.05) is 6.16 Å². The summed E-state index contributed by atoms with van der Waals surface area (Å²) in [6.45, 7) is 3.15. The number of hydrogen-bond donors (Lipinski definition) is 2. The SMILES string of the molecule is C=CCP(=O)(O)O.F. The van der Waals surface area contributed by atoms with Crippen LogP contribution in [0.5, 0.6) is 0 Å². The number of rotatable bonds is 2. The van der Waals surface area contributed by atoms with Gasteiger partial charge in [-0.1, -0.05) is 6.08 Å². The molecule has 0 aromatic carbocycles. The summed E-state index contributed by atoms with van der Waals surface area (Å²) < 4.78 is 9.85. The predicted molar refractivity (Wildman–Crippen MR) is 29.6 cm³/mol. The minimum Gasteiger partial charge on any atom is -0.324 e. The first-order valence-electron chi connectivity index (χ1n) is 1.72. The Labute approximate surface area is 46.6 Å². The molecule has 5 heteroatoms. The zero-order chi connectivity index (χ0) is 5.91. The van der Waals surface area contributed by atoms with Crippen molar-refractivity contribution in [3.05, 3.63) is 12.7 Å². The molecule has 0 rings (SSSR count). The van der Waals surface area contributed by atoms with E-state index < -0.39 is 7.60 Å². The van der Waals surface area contributed by atoms with Crippen molar-refractivity contribution in [3.8, 4) is 0 Å². The van der Waals surface area contributed by atoms with E-state index in [2.05, 4.69) is 6.58 Å². The van der Waals surface area contributed by atoms with Gasteiger partial charge in [-0.2, -0.15) is 0 Å². The van der Waals surface area contributed by atoms with Crippen LogP contribution in [-0.4, -0.2) is 15.9 Å². The predicted octanol–water partition coefficient (Wildman–Crippen LogP) is 0.503. The van der Waals surface area contributed by atoms with Crippen molar-refractivity contribution in [1.82, 2.24) is 0 Å². The molecule has 0 aliphatic rings. The Balaban J connectivity index is 0. The maximum atomic E-state index is 9.85. The third-order valence-electron chi connectivity index (χ3n) is 0.367. The van der Waals surface area contributed by atoms with Crippen molar-refractivity contribution in [2.45, 2.75) is 0 Å². The molecule has 0 aliphatic carbocycles. The number of hydrogen-bond acceptors (Lipinski definition) is 1. The van der Waals surface area contributed by atoms with Gasteiger partial charge in [0.25, 0.3) is 0 Å². The van der Waals surface area contributed by atoms with Gasteiger partial charge in [0.1, 0.15) is 0 Å². The first-order valence-corrected chi connectivity index (χ1v) is 3.51. The highest BCUT2D eigenvalue weighted by molar-refractivity contribution is 7.51. The van der Waals surface area contributed by atoms with Crippen molar-refractivity contribution in [2.24, 2.45) is 0 Å². The Morgan fingerprint density at radius 2 is 2.00 bits per heavy atom. The average molecular weight is 142 g/mol. The highest BCUT2D eigenvalue weighted by Gasteiger charge is 2.06. The van der Waals surface area contributed by atoms with Gasteiger partial charge in [-0.25, -0.2) is 0 Å². The Morgan fingerprint density at radius 3 is 2.00 bits per heavy atom. The monoisotopic (exact) mass is 142 g/mol. The molecule has 3 nitrogen and oxygen atoms in total. The zero-order valence-corrected chi connectivity index (χ0v) is 5.04. The molecule has 0 aliphatic heterocycles. The molecule has 0 aromatic rings. The van der Waals surface area contributed by atoms with Crippen LogP contribution in [0.1, 0.15) is 0 Å². The van der Waals surface area contributed by atoms with Gasteiger partial charge in [0, 0.05) is 0 Å². The standard InChI is InChI=1S/C3H7O3P.FH/c1-2-3-7(4,5)6;/h2H,1,3H2,(H2,4,5,6);1H. The second kappa shape index (κ2) is 3.78. The van der Waals surface area contributed by atoms with Crippen LogP contribution in [0.15, 0.2) is 12.7 Å². The molecular formula is C3H8FO3P. The fourth-order valence-electron chi connectivity index (χ4n) is 0.168. The van der Waals surface area contributed by atoms with Crippen molar-refractivity contribution >= 4 is 7.60 Å². The van der Waals surface area contributed by atoms with E-state index in [0.717, 1.165) is 0 Å².